The van der Waals surface area contributed by atoms with Crippen molar-refractivity contribution in [3.8, 4) is 11.8 Å². The molecule has 5 nitrogen and oxygen atoms in total. The van der Waals surface area contributed by atoms with E-state index in [0.717, 1.165) is 10.5 Å². The summed E-state index contributed by atoms with van der Waals surface area (Å²) in [4.78, 5) is 25.1. The summed E-state index contributed by atoms with van der Waals surface area (Å²) in [6, 6.07) is 6.56. The van der Waals surface area contributed by atoms with Crippen molar-refractivity contribution in [3.63, 3.8) is 0 Å². The Labute approximate surface area is 128 Å². The van der Waals surface area contributed by atoms with Crippen LogP contribution in [0.1, 0.15) is 12.5 Å². The van der Waals surface area contributed by atoms with Gasteiger partial charge in [0.1, 0.15) is 5.54 Å². The van der Waals surface area contributed by atoms with Crippen LogP contribution in [-0.4, -0.2) is 42.6 Å². The fourth-order valence-electron chi connectivity index (χ4n) is 2.03. The van der Waals surface area contributed by atoms with Crippen molar-refractivity contribution in [1.82, 2.24) is 10.2 Å². The molecule has 6 heteroatoms. The number of imide groups is 1. The molecular weight excluding hydrogens is 292 g/mol. The van der Waals surface area contributed by atoms with Gasteiger partial charge in [0.05, 0.1) is 13.2 Å². The van der Waals surface area contributed by atoms with E-state index in [1.165, 1.54) is 7.11 Å². The molecule has 1 atom stereocenters. The number of nitrogens with zero attached hydrogens (tertiary/aromatic N) is 1. The van der Waals surface area contributed by atoms with E-state index in [9.17, 15) is 9.59 Å². The molecule has 0 unspecified atom stereocenters. The lowest BCUT2D eigenvalue weighted by atomic mass is 10.0. The maximum absolute atomic E-state index is 12.2. The van der Waals surface area contributed by atoms with Crippen LogP contribution in [-0.2, 0) is 9.53 Å². The van der Waals surface area contributed by atoms with Gasteiger partial charge in [0.15, 0.2) is 0 Å². The molecule has 0 saturated carbocycles. The second-order valence-electron chi connectivity index (χ2n) is 4.90. The number of urea groups is 1. The SMILES string of the molecule is COC[C@@]1(C)NC(=O)N(CC#Cc2ccc(Cl)cc2)C1=O. The summed E-state index contributed by atoms with van der Waals surface area (Å²) in [6.07, 6.45) is 0. The molecule has 0 bridgehead atoms. The predicted octanol–water partition coefficient (Wildman–Crippen LogP) is 1.65. The average molecular weight is 307 g/mol. The van der Waals surface area contributed by atoms with Crippen LogP contribution in [0, 0.1) is 11.8 Å². The van der Waals surface area contributed by atoms with E-state index in [-0.39, 0.29) is 19.1 Å². The number of rotatable bonds is 3. The number of methoxy groups -OCH3 is 1. The summed E-state index contributed by atoms with van der Waals surface area (Å²) >= 11 is 5.78. The number of nitrogens with one attached hydrogen (secondary N) is 1. The van der Waals surface area contributed by atoms with Crippen LogP contribution in [0.2, 0.25) is 5.02 Å². The molecule has 1 fully saturated rings. The van der Waals surface area contributed by atoms with Gasteiger partial charge in [-0.25, -0.2) is 4.79 Å². The van der Waals surface area contributed by atoms with Gasteiger partial charge in [-0.2, -0.15) is 0 Å². The third kappa shape index (κ3) is 3.35. The molecule has 3 amide bonds. The monoisotopic (exact) mass is 306 g/mol. The highest BCUT2D eigenvalue weighted by molar-refractivity contribution is 6.30. The molecule has 1 heterocycles. The Bertz CT molecular complexity index is 618. The van der Waals surface area contributed by atoms with Gasteiger partial charge in [-0.3, -0.25) is 9.69 Å². The van der Waals surface area contributed by atoms with Gasteiger partial charge in [0.2, 0.25) is 0 Å². The van der Waals surface area contributed by atoms with Gasteiger partial charge < -0.3 is 10.1 Å². The van der Waals surface area contributed by atoms with Crippen molar-refractivity contribution >= 4 is 23.5 Å². The van der Waals surface area contributed by atoms with E-state index in [4.69, 9.17) is 16.3 Å². The molecule has 2 rings (SSSR count). The normalized spacial score (nSPS) is 21.0. The minimum Gasteiger partial charge on any atom is -0.382 e. The maximum atomic E-state index is 12.2. The lowest BCUT2D eigenvalue weighted by molar-refractivity contribution is -0.132. The van der Waals surface area contributed by atoms with Crippen LogP contribution < -0.4 is 5.32 Å². The van der Waals surface area contributed by atoms with Crippen LogP contribution in [0.15, 0.2) is 24.3 Å². The van der Waals surface area contributed by atoms with Crippen molar-refractivity contribution in [1.29, 1.82) is 0 Å². The van der Waals surface area contributed by atoms with Crippen LogP contribution in [0.25, 0.3) is 0 Å². The Morgan fingerprint density at radius 2 is 2.00 bits per heavy atom. The van der Waals surface area contributed by atoms with Crippen LogP contribution in [0.3, 0.4) is 0 Å². The van der Waals surface area contributed by atoms with Gasteiger partial charge in [0, 0.05) is 17.7 Å². The first kappa shape index (κ1) is 15.4. The second kappa shape index (κ2) is 6.17. The zero-order valence-electron chi connectivity index (χ0n) is 11.8. The first-order chi connectivity index (χ1) is 9.96. The Kier molecular flexibility index (Phi) is 4.51. The molecule has 1 aliphatic rings. The molecule has 1 aromatic carbocycles. The topological polar surface area (TPSA) is 58.6 Å². The van der Waals surface area contributed by atoms with Gasteiger partial charge in [-0.1, -0.05) is 23.4 Å². The molecule has 1 aromatic rings. The minimum atomic E-state index is -1.02. The van der Waals surface area contributed by atoms with E-state index in [1.54, 1.807) is 31.2 Å². The first-order valence-corrected chi connectivity index (χ1v) is 6.71. The molecule has 0 aliphatic carbocycles. The summed E-state index contributed by atoms with van der Waals surface area (Å²) in [5.74, 6) is 5.37. The number of hydrogen-bond donors (Lipinski definition) is 1. The van der Waals surface area contributed by atoms with Crippen LogP contribution >= 0.6 is 11.6 Å². The Morgan fingerprint density at radius 1 is 1.33 bits per heavy atom. The molecule has 0 radical (unpaired) electrons. The third-order valence-corrected chi connectivity index (χ3v) is 3.34. The van der Waals surface area contributed by atoms with Crippen LogP contribution in [0.4, 0.5) is 4.79 Å². The fraction of sp³-hybridized carbons (Fsp3) is 0.333. The number of amides is 3. The second-order valence-corrected chi connectivity index (χ2v) is 5.33. The predicted molar refractivity (Wildman–Crippen MR) is 78.9 cm³/mol. The summed E-state index contributed by atoms with van der Waals surface area (Å²) < 4.78 is 4.97. The smallest absolute Gasteiger partial charge is 0.325 e. The summed E-state index contributed by atoms with van der Waals surface area (Å²) in [5.41, 5.74) is -0.251. The first-order valence-electron chi connectivity index (χ1n) is 6.34. The molecule has 1 aliphatic heterocycles. The average Bonchev–Trinajstić information content (AvgIpc) is 2.64. The van der Waals surface area contributed by atoms with Gasteiger partial charge in [-0.05, 0) is 31.2 Å². The van der Waals surface area contributed by atoms with Crippen molar-refractivity contribution < 1.29 is 14.3 Å². The summed E-state index contributed by atoms with van der Waals surface area (Å²) in [6.45, 7) is 1.79. The molecule has 1 saturated heterocycles. The Hall–Kier alpha value is -2.03. The number of ether oxygens (including phenoxy) is 1. The lowest BCUT2D eigenvalue weighted by Crippen LogP contribution is -2.47. The van der Waals surface area contributed by atoms with Crippen molar-refractivity contribution in [2.75, 3.05) is 20.3 Å². The van der Waals surface area contributed by atoms with Crippen molar-refractivity contribution in [2.45, 2.75) is 12.5 Å². The largest absolute Gasteiger partial charge is 0.382 e. The van der Waals surface area contributed by atoms with Crippen molar-refractivity contribution in [3.05, 3.63) is 34.9 Å². The highest BCUT2D eigenvalue weighted by atomic mass is 35.5. The maximum Gasteiger partial charge on any atom is 0.325 e. The molecule has 0 spiro atoms. The number of halogens is 1. The summed E-state index contributed by atoms with van der Waals surface area (Å²) in [5, 5.41) is 3.24. The highest BCUT2D eigenvalue weighted by Crippen LogP contribution is 2.17. The van der Waals surface area contributed by atoms with E-state index < -0.39 is 11.6 Å². The lowest BCUT2D eigenvalue weighted by Gasteiger charge is -2.19. The van der Waals surface area contributed by atoms with Crippen molar-refractivity contribution in [2.24, 2.45) is 0 Å². The van der Waals surface area contributed by atoms with Gasteiger partial charge in [-0.15, -0.1) is 0 Å². The zero-order valence-corrected chi connectivity index (χ0v) is 12.5. The van der Waals surface area contributed by atoms with E-state index in [0.29, 0.717) is 5.02 Å². The fourth-order valence-corrected chi connectivity index (χ4v) is 2.16. The standard InChI is InChI=1S/C15H15ClN2O3/c1-15(10-21-2)13(19)18(14(20)17-15)9-3-4-11-5-7-12(16)8-6-11/h5-8H,9-10H2,1-2H3,(H,17,20)/t15-/m1/s1. The van der Waals surface area contributed by atoms with Gasteiger partial charge in [0.25, 0.3) is 5.91 Å². The minimum absolute atomic E-state index is 0.0343. The number of carbonyl (C=O) groups is 2. The van der Waals surface area contributed by atoms with E-state index in [2.05, 4.69) is 17.2 Å². The number of benzene rings is 1. The highest BCUT2D eigenvalue weighted by Gasteiger charge is 2.47. The van der Waals surface area contributed by atoms with E-state index in [1.807, 2.05) is 0 Å². The molecule has 1 N–H and O–H groups in total. The zero-order chi connectivity index (χ0) is 15.5. The third-order valence-electron chi connectivity index (χ3n) is 3.09. The van der Waals surface area contributed by atoms with E-state index >= 15 is 0 Å². The van der Waals surface area contributed by atoms with Crippen LogP contribution in [0.5, 0.6) is 0 Å². The molecule has 110 valence electrons. The quantitative estimate of drug-likeness (QED) is 0.682. The Morgan fingerprint density at radius 3 is 2.62 bits per heavy atom. The number of hydrogen-bond acceptors (Lipinski definition) is 3. The Balaban J connectivity index is 2.05. The molecule has 0 aromatic heterocycles. The molecular formula is C15H15ClN2O3. The summed E-state index contributed by atoms with van der Waals surface area (Å²) in [7, 11) is 1.48. The molecule has 21 heavy (non-hydrogen) atoms. The number of carbonyl (C=O) groups excluding carboxylic acids is 2. The van der Waals surface area contributed by atoms with Gasteiger partial charge >= 0.3 is 6.03 Å².